The van der Waals surface area contributed by atoms with Gasteiger partial charge in [0.15, 0.2) is 0 Å². The van der Waals surface area contributed by atoms with Crippen molar-refractivity contribution in [1.29, 1.82) is 0 Å². The van der Waals surface area contributed by atoms with E-state index in [1.807, 2.05) is 0 Å². The maximum absolute atomic E-state index is 2.38. The summed E-state index contributed by atoms with van der Waals surface area (Å²) in [6.07, 6.45) is 8.63. The predicted molar refractivity (Wildman–Crippen MR) is 73.6 cm³/mol. The van der Waals surface area contributed by atoms with Gasteiger partial charge in [0.05, 0.1) is 0 Å². The molecule has 17 heavy (non-hydrogen) atoms. The van der Waals surface area contributed by atoms with Crippen LogP contribution in [0.3, 0.4) is 0 Å². The van der Waals surface area contributed by atoms with Crippen molar-refractivity contribution in [2.24, 2.45) is 5.92 Å². The van der Waals surface area contributed by atoms with Gasteiger partial charge < -0.3 is 0 Å². The van der Waals surface area contributed by atoms with Gasteiger partial charge in [0.25, 0.3) is 0 Å². The van der Waals surface area contributed by atoms with Crippen LogP contribution in [-0.2, 0) is 6.42 Å². The molecule has 0 bridgehead atoms. The van der Waals surface area contributed by atoms with Crippen molar-refractivity contribution >= 4 is 0 Å². The van der Waals surface area contributed by atoms with Crippen LogP contribution in [0, 0.1) is 5.92 Å². The van der Waals surface area contributed by atoms with Crippen molar-refractivity contribution in [3.05, 3.63) is 34.9 Å². The Bertz CT molecular complexity index is 402. The molecule has 0 saturated heterocycles. The highest BCUT2D eigenvalue weighted by Crippen LogP contribution is 2.47. The maximum atomic E-state index is 2.38. The van der Waals surface area contributed by atoms with Gasteiger partial charge in [-0.3, -0.25) is 0 Å². The van der Waals surface area contributed by atoms with Gasteiger partial charge in [-0.15, -0.1) is 0 Å². The van der Waals surface area contributed by atoms with Gasteiger partial charge in [-0.1, -0.05) is 44.9 Å². The lowest BCUT2D eigenvalue weighted by Gasteiger charge is -2.39. The lowest BCUT2D eigenvalue weighted by Crippen LogP contribution is -2.25. The van der Waals surface area contributed by atoms with Crippen LogP contribution in [-0.4, -0.2) is 0 Å². The Morgan fingerprint density at radius 3 is 2.71 bits per heavy atom. The van der Waals surface area contributed by atoms with Crippen LogP contribution in [0.25, 0.3) is 0 Å². The smallest absolute Gasteiger partial charge is 0.0128 e. The van der Waals surface area contributed by atoms with Crippen LogP contribution in [0.15, 0.2) is 18.2 Å². The lowest BCUT2D eigenvalue weighted by molar-refractivity contribution is 0.274. The zero-order valence-corrected chi connectivity index (χ0v) is 11.2. The van der Waals surface area contributed by atoms with Gasteiger partial charge >= 0.3 is 0 Å². The van der Waals surface area contributed by atoms with E-state index in [0.717, 1.165) is 11.8 Å². The van der Waals surface area contributed by atoms with Crippen LogP contribution in [0.1, 0.15) is 74.5 Å². The molecule has 2 aliphatic carbocycles. The highest BCUT2D eigenvalue weighted by Gasteiger charge is 2.33. The molecule has 3 rings (SSSR count). The van der Waals surface area contributed by atoms with Crippen LogP contribution < -0.4 is 0 Å². The van der Waals surface area contributed by atoms with Crippen molar-refractivity contribution in [2.75, 3.05) is 0 Å². The minimum absolute atomic E-state index is 0.686. The molecular weight excluding hydrogens is 204 g/mol. The molecule has 0 nitrogen and oxygen atoms in total. The minimum Gasteiger partial charge on any atom is -0.0617 e. The van der Waals surface area contributed by atoms with Gasteiger partial charge in [-0.05, 0) is 60.1 Å². The predicted octanol–water partition coefficient (Wildman–Crippen LogP) is 5.03. The zero-order valence-electron chi connectivity index (χ0n) is 11.2. The number of rotatable bonds is 1. The Morgan fingerprint density at radius 1 is 1.06 bits per heavy atom. The molecule has 0 radical (unpaired) electrons. The fraction of sp³-hybridized carbons (Fsp3) is 0.647. The third-order valence-corrected chi connectivity index (χ3v) is 4.92. The number of aryl methyl sites for hydroxylation is 1. The summed E-state index contributed by atoms with van der Waals surface area (Å²) in [5.41, 5.74) is 5.07. The molecule has 0 aromatic heterocycles. The van der Waals surface area contributed by atoms with Gasteiger partial charge in [0, 0.05) is 0 Å². The first-order chi connectivity index (χ1) is 8.27. The van der Waals surface area contributed by atoms with Crippen LogP contribution >= 0.6 is 0 Å². The molecule has 1 aromatic carbocycles. The van der Waals surface area contributed by atoms with E-state index in [0.29, 0.717) is 5.92 Å². The minimum atomic E-state index is 0.686. The molecule has 0 N–H and O–H groups in total. The summed E-state index contributed by atoms with van der Waals surface area (Å²) in [4.78, 5) is 0. The molecule has 2 atom stereocenters. The Kier molecular flexibility index (Phi) is 2.98. The molecule has 92 valence electrons. The van der Waals surface area contributed by atoms with Crippen LogP contribution in [0.2, 0.25) is 0 Å². The third-order valence-electron chi connectivity index (χ3n) is 4.92. The lowest BCUT2D eigenvalue weighted by atomic mass is 9.66. The van der Waals surface area contributed by atoms with E-state index >= 15 is 0 Å². The van der Waals surface area contributed by atoms with Gasteiger partial charge in [-0.2, -0.15) is 0 Å². The second kappa shape index (κ2) is 4.48. The van der Waals surface area contributed by atoms with Crippen LogP contribution in [0.4, 0.5) is 0 Å². The highest BCUT2D eigenvalue weighted by atomic mass is 14.4. The summed E-state index contributed by atoms with van der Waals surface area (Å²) in [5, 5.41) is 0. The molecule has 1 aromatic rings. The molecule has 0 heterocycles. The zero-order chi connectivity index (χ0) is 11.8. The summed E-state index contributed by atoms with van der Waals surface area (Å²) < 4.78 is 0. The second-order valence-electron chi connectivity index (χ2n) is 6.26. The Hall–Kier alpha value is -0.780. The standard InChI is InChI=1S/C17H24/c1-12(2)15-9-5-7-14-11-10-13-6-3-4-8-16(13)17(14)15/h5,7,9,12-13,16H,3-4,6,8,10-11H2,1-2H3. The molecule has 2 unspecified atom stereocenters. The Morgan fingerprint density at radius 2 is 1.88 bits per heavy atom. The first-order valence-corrected chi connectivity index (χ1v) is 7.39. The number of hydrogen-bond donors (Lipinski definition) is 0. The number of fused-ring (bicyclic) bond motifs is 3. The van der Waals surface area contributed by atoms with Crippen molar-refractivity contribution in [3.63, 3.8) is 0 Å². The molecule has 2 aliphatic rings. The third kappa shape index (κ3) is 1.92. The SMILES string of the molecule is CC(C)c1cccc2c1C1CCCCC1CC2. The molecule has 0 heteroatoms. The van der Waals surface area contributed by atoms with Gasteiger partial charge in [-0.25, -0.2) is 0 Å². The van der Waals surface area contributed by atoms with E-state index in [1.54, 1.807) is 16.7 Å². The average Bonchev–Trinajstić information content (AvgIpc) is 2.37. The fourth-order valence-electron chi connectivity index (χ4n) is 4.08. The summed E-state index contributed by atoms with van der Waals surface area (Å²) >= 11 is 0. The number of benzene rings is 1. The molecule has 0 amide bonds. The Labute approximate surface area is 105 Å². The topological polar surface area (TPSA) is 0 Å². The van der Waals surface area contributed by atoms with Crippen molar-refractivity contribution in [2.45, 2.75) is 64.2 Å². The fourth-order valence-corrected chi connectivity index (χ4v) is 4.08. The summed E-state index contributed by atoms with van der Waals surface area (Å²) in [7, 11) is 0. The second-order valence-corrected chi connectivity index (χ2v) is 6.26. The van der Waals surface area contributed by atoms with Crippen molar-refractivity contribution in [3.8, 4) is 0 Å². The van der Waals surface area contributed by atoms with Crippen molar-refractivity contribution in [1.82, 2.24) is 0 Å². The molecule has 0 spiro atoms. The summed E-state index contributed by atoms with van der Waals surface area (Å²) in [6, 6.07) is 7.03. The normalized spacial score (nSPS) is 27.7. The highest BCUT2D eigenvalue weighted by molar-refractivity contribution is 5.42. The van der Waals surface area contributed by atoms with Crippen LogP contribution in [0.5, 0.6) is 0 Å². The number of hydrogen-bond acceptors (Lipinski definition) is 0. The first-order valence-electron chi connectivity index (χ1n) is 7.39. The van der Waals surface area contributed by atoms with E-state index in [-0.39, 0.29) is 0 Å². The monoisotopic (exact) mass is 228 g/mol. The molecule has 1 fully saturated rings. The molecular formula is C17H24. The first kappa shape index (κ1) is 11.3. The van der Waals surface area contributed by atoms with E-state index in [1.165, 1.54) is 38.5 Å². The Balaban J connectivity index is 2.06. The molecule has 1 saturated carbocycles. The van der Waals surface area contributed by atoms with E-state index in [9.17, 15) is 0 Å². The largest absolute Gasteiger partial charge is 0.0617 e. The van der Waals surface area contributed by atoms with E-state index < -0.39 is 0 Å². The maximum Gasteiger partial charge on any atom is -0.0128 e. The quantitative estimate of drug-likeness (QED) is 0.632. The molecule has 0 aliphatic heterocycles. The van der Waals surface area contributed by atoms with E-state index in [4.69, 9.17) is 0 Å². The summed E-state index contributed by atoms with van der Waals surface area (Å²) in [5.74, 6) is 2.58. The van der Waals surface area contributed by atoms with E-state index in [2.05, 4.69) is 32.0 Å². The van der Waals surface area contributed by atoms with Gasteiger partial charge in [0.1, 0.15) is 0 Å². The van der Waals surface area contributed by atoms with Gasteiger partial charge in [0.2, 0.25) is 0 Å². The average molecular weight is 228 g/mol. The summed E-state index contributed by atoms with van der Waals surface area (Å²) in [6.45, 7) is 4.70. The van der Waals surface area contributed by atoms with Crippen molar-refractivity contribution < 1.29 is 0 Å².